The quantitative estimate of drug-likeness (QED) is 0.730. The monoisotopic (exact) mass is 263 g/mol. The lowest BCUT2D eigenvalue weighted by Gasteiger charge is -2.41. The maximum Gasteiger partial charge on any atom is 0.339 e. The smallest absolute Gasteiger partial charge is 0.339 e. The van der Waals surface area contributed by atoms with Gasteiger partial charge in [0.2, 0.25) is 5.91 Å². The topological polar surface area (TPSA) is 99.6 Å². The van der Waals surface area contributed by atoms with Crippen LogP contribution in [0, 0.1) is 0 Å². The Bertz CT molecular complexity index is 568. The number of carboxylic acids is 1. The fourth-order valence-electron chi connectivity index (χ4n) is 1.90. The van der Waals surface area contributed by atoms with Gasteiger partial charge >= 0.3 is 5.97 Å². The molecule has 2 rings (SSSR count). The first kappa shape index (κ1) is 13.0. The summed E-state index contributed by atoms with van der Waals surface area (Å²) in [5, 5.41) is 11.4. The lowest BCUT2D eigenvalue weighted by atomic mass is 9.98. The molecule has 0 bridgehead atoms. The molecule has 1 aliphatic rings. The van der Waals surface area contributed by atoms with Gasteiger partial charge in [-0.3, -0.25) is 14.9 Å². The maximum absolute atomic E-state index is 11.8. The molecule has 1 saturated heterocycles. The number of hydrogen-bond acceptors (Lipinski definition) is 5. The van der Waals surface area contributed by atoms with Crippen molar-refractivity contribution in [3.63, 3.8) is 0 Å². The molecule has 100 valence electrons. The summed E-state index contributed by atoms with van der Waals surface area (Å²) in [7, 11) is 0. The van der Waals surface area contributed by atoms with Gasteiger partial charge in [-0.05, 0) is 26.0 Å². The fourth-order valence-corrected chi connectivity index (χ4v) is 1.90. The predicted octanol–water partition coefficient (Wildman–Crippen LogP) is 0.0212. The molecule has 0 aromatic carbocycles. The lowest BCUT2D eigenvalue weighted by molar-refractivity contribution is -0.135. The second-order valence-corrected chi connectivity index (χ2v) is 4.70. The molecule has 2 N–H and O–H groups in total. The van der Waals surface area contributed by atoms with Crippen LogP contribution in [0.25, 0.3) is 0 Å². The molecule has 1 fully saturated rings. The Morgan fingerprint density at radius 1 is 1.47 bits per heavy atom. The van der Waals surface area contributed by atoms with Crippen molar-refractivity contribution in [1.29, 1.82) is 0 Å². The van der Waals surface area contributed by atoms with Gasteiger partial charge in [0.25, 0.3) is 5.91 Å². The van der Waals surface area contributed by atoms with Crippen LogP contribution < -0.4 is 10.2 Å². The van der Waals surface area contributed by atoms with E-state index in [0.717, 1.165) is 0 Å². The van der Waals surface area contributed by atoms with E-state index in [9.17, 15) is 14.4 Å². The Morgan fingerprint density at radius 2 is 2.16 bits per heavy atom. The van der Waals surface area contributed by atoms with E-state index in [1.165, 1.54) is 23.2 Å². The van der Waals surface area contributed by atoms with Gasteiger partial charge < -0.3 is 10.0 Å². The number of piperazine rings is 1. The van der Waals surface area contributed by atoms with Crippen LogP contribution in [-0.4, -0.2) is 40.0 Å². The van der Waals surface area contributed by atoms with Crippen LogP contribution in [0.3, 0.4) is 0 Å². The zero-order chi connectivity index (χ0) is 14.2. The Morgan fingerprint density at radius 3 is 2.79 bits per heavy atom. The molecular weight excluding hydrogens is 250 g/mol. The van der Waals surface area contributed by atoms with Gasteiger partial charge in [-0.1, -0.05) is 0 Å². The second kappa shape index (κ2) is 4.34. The van der Waals surface area contributed by atoms with Crippen LogP contribution in [0.5, 0.6) is 0 Å². The van der Waals surface area contributed by atoms with Crippen LogP contribution in [0.4, 0.5) is 5.82 Å². The first-order valence-corrected chi connectivity index (χ1v) is 5.64. The zero-order valence-corrected chi connectivity index (χ0v) is 10.5. The van der Waals surface area contributed by atoms with Gasteiger partial charge in [0.05, 0.1) is 6.54 Å². The summed E-state index contributed by atoms with van der Waals surface area (Å²) < 4.78 is 0. The van der Waals surface area contributed by atoms with Crippen LogP contribution in [-0.2, 0) is 9.59 Å². The number of carbonyl (C=O) groups is 3. The van der Waals surface area contributed by atoms with Crippen molar-refractivity contribution in [2.75, 3.05) is 11.4 Å². The minimum atomic E-state index is -1.16. The summed E-state index contributed by atoms with van der Waals surface area (Å²) in [5.74, 6) is -2.00. The Kier molecular flexibility index (Phi) is 2.97. The summed E-state index contributed by atoms with van der Waals surface area (Å²) in [4.78, 5) is 39.9. The number of pyridine rings is 1. The van der Waals surface area contributed by atoms with Gasteiger partial charge in [-0.15, -0.1) is 0 Å². The summed E-state index contributed by atoms with van der Waals surface area (Å²) in [5.41, 5.74) is -1.09. The number of rotatable bonds is 2. The van der Waals surface area contributed by atoms with Gasteiger partial charge in [0.15, 0.2) is 0 Å². The number of nitrogens with zero attached hydrogens (tertiary/aromatic N) is 2. The van der Waals surface area contributed by atoms with Crippen molar-refractivity contribution in [2.24, 2.45) is 0 Å². The molecule has 19 heavy (non-hydrogen) atoms. The molecule has 0 aliphatic carbocycles. The summed E-state index contributed by atoms with van der Waals surface area (Å²) in [6.07, 6.45) is 1.43. The number of anilines is 1. The number of amides is 2. The number of hydrogen-bond donors (Lipinski definition) is 2. The minimum absolute atomic E-state index is 0.0434. The normalized spacial score (nSPS) is 18.1. The first-order chi connectivity index (χ1) is 8.84. The molecule has 0 radical (unpaired) electrons. The largest absolute Gasteiger partial charge is 0.478 e. The van der Waals surface area contributed by atoms with E-state index in [1.54, 1.807) is 13.8 Å². The molecule has 0 unspecified atom stereocenters. The van der Waals surface area contributed by atoms with E-state index >= 15 is 0 Å². The van der Waals surface area contributed by atoms with Crippen LogP contribution in [0.15, 0.2) is 18.3 Å². The van der Waals surface area contributed by atoms with E-state index in [2.05, 4.69) is 10.3 Å². The minimum Gasteiger partial charge on any atom is -0.478 e. The average molecular weight is 263 g/mol. The number of carbonyl (C=O) groups excluding carboxylic acids is 2. The van der Waals surface area contributed by atoms with Crippen molar-refractivity contribution in [2.45, 2.75) is 19.4 Å². The van der Waals surface area contributed by atoms with Crippen LogP contribution >= 0.6 is 0 Å². The number of nitrogens with one attached hydrogen (secondary N) is 1. The molecule has 1 aromatic rings. The molecule has 2 heterocycles. The number of carboxylic acid groups (broad SMARTS) is 1. The second-order valence-electron chi connectivity index (χ2n) is 4.70. The summed E-state index contributed by atoms with van der Waals surface area (Å²) in [6, 6.07) is 2.88. The van der Waals surface area contributed by atoms with Crippen LogP contribution in [0.2, 0.25) is 0 Å². The molecule has 0 saturated carbocycles. The number of aromatic carboxylic acids is 1. The SMILES string of the molecule is CC1(C)C(=O)NC(=O)CN1c1ncccc1C(=O)O. The predicted molar refractivity (Wildman–Crippen MR) is 65.8 cm³/mol. The fraction of sp³-hybridized carbons (Fsp3) is 0.333. The zero-order valence-electron chi connectivity index (χ0n) is 10.5. The van der Waals surface area contributed by atoms with Gasteiger partial charge in [0.1, 0.15) is 16.9 Å². The highest BCUT2D eigenvalue weighted by Gasteiger charge is 2.42. The molecule has 7 nitrogen and oxygen atoms in total. The Hall–Kier alpha value is -2.44. The Balaban J connectivity index is 2.53. The highest BCUT2D eigenvalue weighted by atomic mass is 16.4. The van der Waals surface area contributed by atoms with Gasteiger partial charge in [-0.2, -0.15) is 0 Å². The third kappa shape index (κ3) is 2.14. The van der Waals surface area contributed by atoms with Crippen molar-refractivity contribution >= 4 is 23.6 Å². The van der Waals surface area contributed by atoms with E-state index in [4.69, 9.17) is 5.11 Å². The first-order valence-electron chi connectivity index (χ1n) is 5.64. The van der Waals surface area contributed by atoms with Crippen molar-refractivity contribution in [3.8, 4) is 0 Å². The van der Waals surface area contributed by atoms with Crippen molar-refractivity contribution in [3.05, 3.63) is 23.9 Å². The summed E-state index contributed by atoms with van der Waals surface area (Å²) >= 11 is 0. The standard InChI is InChI=1S/C12H13N3O4/c1-12(2)11(19)14-8(16)6-15(12)9-7(10(17)18)4-3-5-13-9/h3-5H,6H2,1-2H3,(H,17,18)(H,14,16,19). The lowest BCUT2D eigenvalue weighted by Crippen LogP contribution is -2.64. The Labute approximate surface area is 109 Å². The number of aromatic nitrogens is 1. The molecule has 1 aliphatic heterocycles. The molecule has 1 aromatic heterocycles. The molecule has 0 spiro atoms. The van der Waals surface area contributed by atoms with E-state index in [1.807, 2.05) is 0 Å². The average Bonchev–Trinajstić information content (AvgIpc) is 2.34. The molecular formula is C12H13N3O4. The van der Waals surface area contributed by atoms with Crippen molar-refractivity contribution < 1.29 is 19.5 Å². The third-order valence-electron chi connectivity index (χ3n) is 3.06. The van der Waals surface area contributed by atoms with Gasteiger partial charge in [0, 0.05) is 6.20 Å². The van der Waals surface area contributed by atoms with E-state index < -0.39 is 23.3 Å². The van der Waals surface area contributed by atoms with Gasteiger partial charge in [-0.25, -0.2) is 9.78 Å². The molecule has 0 atom stereocenters. The highest BCUT2D eigenvalue weighted by molar-refractivity contribution is 6.07. The summed E-state index contributed by atoms with van der Waals surface area (Å²) in [6.45, 7) is 3.10. The molecule has 2 amide bonds. The highest BCUT2D eigenvalue weighted by Crippen LogP contribution is 2.27. The third-order valence-corrected chi connectivity index (χ3v) is 3.06. The van der Waals surface area contributed by atoms with E-state index in [-0.39, 0.29) is 17.9 Å². The van der Waals surface area contributed by atoms with E-state index in [0.29, 0.717) is 0 Å². The molecule has 7 heteroatoms. The maximum atomic E-state index is 11.8. The van der Waals surface area contributed by atoms with Crippen molar-refractivity contribution in [1.82, 2.24) is 10.3 Å². The number of imide groups is 1. The van der Waals surface area contributed by atoms with Crippen LogP contribution in [0.1, 0.15) is 24.2 Å².